The van der Waals surface area contributed by atoms with Gasteiger partial charge in [0.1, 0.15) is 6.61 Å². The minimum atomic E-state index is -0.517. The zero-order valence-corrected chi connectivity index (χ0v) is 17.4. The molecule has 0 aliphatic rings. The molecule has 0 spiro atoms. The van der Waals surface area contributed by atoms with Gasteiger partial charge in [-0.15, -0.1) is 0 Å². The maximum atomic E-state index is 12.4. The summed E-state index contributed by atoms with van der Waals surface area (Å²) in [6.07, 6.45) is 0.0421. The van der Waals surface area contributed by atoms with Crippen LogP contribution in [-0.4, -0.2) is 38.3 Å². The summed E-state index contributed by atoms with van der Waals surface area (Å²) in [5, 5.41) is 0.846. The summed E-state index contributed by atoms with van der Waals surface area (Å²) in [5.41, 5.74) is 2.84. The molecule has 0 aliphatic carbocycles. The SMILES string of the molecule is COC(=O)c1c(COC(=O)Cc2ccc(OC)c(OC)c2)nc2ccccc2c1C. The smallest absolute Gasteiger partial charge is 0.340 e. The van der Waals surface area contributed by atoms with E-state index in [0.29, 0.717) is 33.8 Å². The third-order valence-corrected chi connectivity index (χ3v) is 4.78. The molecule has 0 saturated carbocycles. The van der Waals surface area contributed by atoms with Crippen molar-refractivity contribution in [2.75, 3.05) is 21.3 Å². The fraction of sp³-hybridized carbons (Fsp3) is 0.261. The number of pyridine rings is 1. The Bertz CT molecular complexity index is 1090. The summed E-state index contributed by atoms with van der Waals surface area (Å²) in [6, 6.07) is 12.7. The van der Waals surface area contributed by atoms with Crippen molar-refractivity contribution in [1.29, 1.82) is 0 Å². The molecule has 30 heavy (non-hydrogen) atoms. The molecule has 0 bridgehead atoms. The Balaban J connectivity index is 1.81. The Morgan fingerprint density at radius 1 is 0.967 bits per heavy atom. The van der Waals surface area contributed by atoms with Crippen LogP contribution in [0.5, 0.6) is 11.5 Å². The Labute approximate surface area is 174 Å². The van der Waals surface area contributed by atoms with Crippen LogP contribution < -0.4 is 9.47 Å². The fourth-order valence-electron chi connectivity index (χ4n) is 3.28. The lowest BCUT2D eigenvalue weighted by atomic mass is 10.0. The highest BCUT2D eigenvalue weighted by molar-refractivity contribution is 5.98. The molecule has 7 heteroatoms. The lowest BCUT2D eigenvalue weighted by Crippen LogP contribution is -2.15. The molecule has 3 rings (SSSR count). The molecular formula is C23H23NO6. The number of ether oxygens (including phenoxy) is 4. The monoisotopic (exact) mass is 409 g/mol. The molecule has 7 nitrogen and oxygen atoms in total. The number of nitrogens with zero attached hydrogens (tertiary/aromatic N) is 1. The lowest BCUT2D eigenvalue weighted by Gasteiger charge is -2.14. The molecule has 0 unspecified atom stereocenters. The van der Waals surface area contributed by atoms with Crippen LogP contribution in [0.4, 0.5) is 0 Å². The predicted octanol–water partition coefficient (Wildman–Crippen LogP) is 3.63. The van der Waals surface area contributed by atoms with E-state index in [1.54, 1.807) is 25.3 Å². The minimum absolute atomic E-state index is 0.0421. The van der Waals surface area contributed by atoms with E-state index in [1.165, 1.54) is 14.2 Å². The molecule has 0 N–H and O–H groups in total. The van der Waals surface area contributed by atoms with Crippen LogP contribution in [0.15, 0.2) is 42.5 Å². The molecular weight excluding hydrogens is 386 g/mol. The van der Waals surface area contributed by atoms with Gasteiger partial charge in [-0.05, 0) is 36.2 Å². The molecule has 156 valence electrons. The third kappa shape index (κ3) is 4.35. The number of esters is 2. The molecule has 2 aromatic carbocycles. The van der Waals surface area contributed by atoms with Crippen LogP contribution in [0.25, 0.3) is 10.9 Å². The van der Waals surface area contributed by atoms with Crippen molar-refractivity contribution in [2.45, 2.75) is 20.0 Å². The maximum Gasteiger partial charge on any atom is 0.340 e. The Morgan fingerprint density at radius 2 is 1.70 bits per heavy atom. The van der Waals surface area contributed by atoms with Crippen LogP contribution in [0, 0.1) is 6.92 Å². The number of aromatic nitrogens is 1. The first-order chi connectivity index (χ1) is 14.5. The molecule has 0 atom stereocenters. The van der Waals surface area contributed by atoms with Crippen LogP contribution in [-0.2, 0) is 27.3 Å². The number of rotatable bonds is 7. The van der Waals surface area contributed by atoms with Gasteiger partial charge in [-0.1, -0.05) is 24.3 Å². The molecule has 1 heterocycles. The number of carbonyl (C=O) groups excluding carboxylic acids is 2. The summed E-state index contributed by atoms with van der Waals surface area (Å²) in [5.74, 6) is 0.137. The van der Waals surface area contributed by atoms with Gasteiger partial charge in [-0.2, -0.15) is 0 Å². The average molecular weight is 409 g/mol. The van der Waals surface area contributed by atoms with Crippen LogP contribution in [0.3, 0.4) is 0 Å². The van der Waals surface area contributed by atoms with Crippen LogP contribution >= 0.6 is 0 Å². The van der Waals surface area contributed by atoms with Crippen molar-refractivity contribution in [3.63, 3.8) is 0 Å². The highest BCUT2D eigenvalue weighted by atomic mass is 16.5. The summed E-state index contributed by atoms with van der Waals surface area (Å²) in [6.45, 7) is 1.69. The van der Waals surface area contributed by atoms with Gasteiger partial charge in [0.25, 0.3) is 0 Å². The van der Waals surface area contributed by atoms with Gasteiger partial charge in [-0.3, -0.25) is 4.79 Å². The van der Waals surface area contributed by atoms with E-state index in [-0.39, 0.29) is 13.0 Å². The molecule has 0 radical (unpaired) electrons. The zero-order chi connectivity index (χ0) is 21.7. The molecule has 3 aromatic rings. The van der Waals surface area contributed by atoms with Crippen molar-refractivity contribution < 1.29 is 28.5 Å². The Kier molecular flexibility index (Phi) is 6.51. The van der Waals surface area contributed by atoms with Crippen LogP contribution in [0.1, 0.15) is 27.2 Å². The van der Waals surface area contributed by atoms with E-state index < -0.39 is 11.9 Å². The van der Waals surface area contributed by atoms with E-state index in [9.17, 15) is 9.59 Å². The number of carbonyl (C=O) groups is 2. The number of aryl methyl sites for hydroxylation is 1. The topological polar surface area (TPSA) is 84.0 Å². The van der Waals surface area contributed by atoms with E-state index in [4.69, 9.17) is 18.9 Å². The zero-order valence-electron chi connectivity index (χ0n) is 17.4. The number of fused-ring (bicyclic) bond motifs is 1. The van der Waals surface area contributed by atoms with Crippen molar-refractivity contribution in [1.82, 2.24) is 4.98 Å². The predicted molar refractivity (Wildman–Crippen MR) is 111 cm³/mol. The summed E-state index contributed by atoms with van der Waals surface area (Å²) >= 11 is 0. The van der Waals surface area contributed by atoms with Gasteiger partial charge >= 0.3 is 11.9 Å². The van der Waals surface area contributed by atoms with Crippen molar-refractivity contribution >= 4 is 22.8 Å². The van der Waals surface area contributed by atoms with Crippen molar-refractivity contribution in [2.24, 2.45) is 0 Å². The minimum Gasteiger partial charge on any atom is -0.493 e. The van der Waals surface area contributed by atoms with E-state index in [1.807, 2.05) is 31.2 Å². The standard InChI is InChI=1S/C23H23NO6/c1-14-16-7-5-6-8-17(16)24-18(22(14)23(26)29-4)13-30-21(25)12-15-9-10-19(27-2)20(11-15)28-3/h5-11H,12-13H2,1-4H3. The molecule has 0 aliphatic heterocycles. The second-order valence-corrected chi connectivity index (χ2v) is 6.59. The lowest BCUT2D eigenvalue weighted by molar-refractivity contribution is -0.144. The first-order valence-corrected chi connectivity index (χ1v) is 9.31. The number of methoxy groups -OCH3 is 3. The fourth-order valence-corrected chi connectivity index (χ4v) is 3.28. The number of para-hydroxylation sites is 1. The maximum absolute atomic E-state index is 12.4. The summed E-state index contributed by atoms with van der Waals surface area (Å²) < 4.78 is 20.8. The highest BCUT2D eigenvalue weighted by Crippen LogP contribution is 2.28. The van der Waals surface area contributed by atoms with Gasteiger partial charge < -0.3 is 18.9 Å². The second kappa shape index (κ2) is 9.26. The van der Waals surface area contributed by atoms with Gasteiger partial charge in [0.2, 0.25) is 0 Å². The normalized spacial score (nSPS) is 10.5. The van der Waals surface area contributed by atoms with Crippen molar-refractivity contribution in [3.8, 4) is 11.5 Å². The van der Waals surface area contributed by atoms with E-state index in [0.717, 1.165) is 10.9 Å². The molecule has 0 fully saturated rings. The molecule has 0 saturated heterocycles. The number of hydrogen-bond donors (Lipinski definition) is 0. The number of benzene rings is 2. The summed E-state index contributed by atoms with van der Waals surface area (Å²) in [7, 11) is 4.38. The quantitative estimate of drug-likeness (QED) is 0.551. The van der Waals surface area contributed by atoms with Gasteiger partial charge in [0, 0.05) is 5.39 Å². The molecule has 0 amide bonds. The number of hydrogen-bond acceptors (Lipinski definition) is 7. The Hall–Kier alpha value is -3.61. The van der Waals surface area contributed by atoms with Gasteiger partial charge in [0.05, 0.1) is 44.5 Å². The first-order valence-electron chi connectivity index (χ1n) is 9.31. The van der Waals surface area contributed by atoms with E-state index >= 15 is 0 Å². The second-order valence-electron chi connectivity index (χ2n) is 6.59. The van der Waals surface area contributed by atoms with Gasteiger partial charge in [-0.25, -0.2) is 9.78 Å². The van der Waals surface area contributed by atoms with Crippen LogP contribution in [0.2, 0.25) is 0 Å². The third-order valence-electron chi connectivity index (χ3n) is 4.78. The molecule has 1 aromatic heterocycles. The van der Waals surface area contributed by atoms with Gasteiger partial charge in [0.15, 0.2) is 11.5 Å². The van der Waals surface area contributed by atoms with E-state index in [2.05, 4.69) is 4.98 Å². The summed E-state index contributed by atoms with van der Waals surface area (Å²) in [4.78, 5) is 29.3. The average Bonchev–Trinajstić information content (AvgIpc) is 2.77. The largest absolute Gasteiger partial charge is 0.493 e. The highest BCUT2D eigenvalue weighted by Gasteiger charge is 2.20. The van der Waals surface area contributed by atoms with Crippen molar-refractivity contribution in [3.05, 3.63) is 64.8 Å². The first kappa shape index (κ1) is 21.1. The Morgan fingerprint density at radius 3 is 2.40 bits per heavy atom.